The molecule has 4 aromatic rings. The average molecular weight is 544 g/mol. The minimum atomic E-state index is 0.236. The zero-order chi connectivity index (χ0) is 26.8. The summed E-state index contributed by atoms with van der Waals surface area (Å²) in [6, 6.07) is 18.7. The molecule has 0 atom stereocenters. The van der Waals surface area contributed by atoms with Crippen LogP contribution in [0.2, 0.25) is 10.0 Å². The normalized spacial score (nSPS) is 13.3. The van der Waals surface area contributed by atoms with Crippen molar-refractivity contribution >= 4 is 47.4 Å². The van der Waals surface area contributed by atoms with E-state index in [-0.39, 0.29) is 5.88 Å². The van der Waals surface area contributed by atoms with Crippen LogP contribution in [0.1, 0.15) is 43.8 Å². The summed E-state index contributed by atoms with van der Waals surface area (Å²) in [5.41, 5.74) is 7.91. The zero-order valence-electron chi connectivity index (χ0n) is 20.8. The third-order valence-electron chi connectivity index (χ3n) is 6.73. The van der Waals surface area contributed by atoms with Crippen molar-refractivity contribution in [2.75, 3.05) is 14.2 Å². The molecule has 1 aliphatic rings. The lowest BCUT2D eigenvalue weighted by Gasteiger charge is -2.14. The fraction of sp³-hybridized carbons (Fsp3) is 0.129. The molecular weight excluding hydrogens is 521 g/mol. The van der Waals surface area contributed by atoms with Crippen LogP contribution in [0.4, 0.5) is 0 Å². The third kappa shape index (κ3) is 4.60. The maximum absolute atomic E-state index is 11.4. The topological polar surface area (TPSA) is 65.5 Å². The Kier molecular flexibility index (Phi) is 7.32. The molecule has 0 radical (unpaired) electrons. The number of aromatic nitrogens is 1. The molecule has 0 amide bonds. The summed E-state index contributed by atoms with van der Waals surface area (Å²) < 4.78 is 10.7. The molecule has 0 saturated heterocycles. The summed E-state index contributed by atoms with van der Waals surface area (Å²) in [5, 5.41) is 1.07. The van der Waals surface area contributed by atoms with Crippen molar-refractivity contribution in [2.45, 2.75) is 12.8 Å². The number of carbonyl (C=O) groups excluding carboxylic acids is 2. The lowest BCUT2D eigenvalue weighted by molar-refractivity contribution is 0.111. The number of fused-ring (bicyclic) bond motifs is 1. The summed E-state index contributed by atoms with van der Waals surface area (Å²) in [6.07, 6.45) is 5.28. The highest BCUT2D eigenvalue weighted by Crippen LogP contribution is 2.42. The number of pyridine rings is 1. The Labute approximate surface area is 230 Å². The van der Waals surface area contributed by atoms with Crippen LogP contribution in [0.15, 0.2) is 60.7 Å². The lowest BCUT2D eigenvalue weighted by Crippen LogP contribution is -1.96. The molecule has 0 saturated carbocycles. The van der Waals surface area contributed by atoms with Crippen LogP contribution in [0.3, 0.4) is 0 Å². The molecule has 1 aliphatic carbocycles. The molecule has 3 aromatic carbocycles. The maximum atomic E-state index is 11.4. The molecule has 5 nitrogen and oxygen atoms in total. The highest BCUT2D eigenvalue weighted by molar-refractivity contribution is 6.38. The Balaban J connectivity index is 1.57. The minimum Gasteiger partial charge on any atom is -0.496 e. The number of methoxy groups -OCH3 is 2. The van der Waals surface area contributed by atoms with Crippen molar-refractivity contribution in [1.82, 2.24) is 4.98 Å². The van der Waals surface area contributed by atoms with E-state index in [1.54, 1.807) is 19.2 Å². The van der Waals surface area contributed by atoms with Crippen molar-refractivity contribution < 1.29 is 19.1 Å². The number of hydrogen-bond acceptors (Lipinski definition) is 5. The van der Waals surface area contributed by atoms with Crippen LogP contribution < -0.4 is 9.47 Å². The number of ether oxygens (including phenoxy) is 2. The Hall–Kier alpha value is -3.93. The molecule has 0 N–H and O–H groups in total. The molecule has 0 unspecified atom stereocenters. The van der Waals surface area contributed by atoms with Crippen molar-refractivity contribution in [3.8, 4) is 34.0 Å². The van der Waals surface area contributed by atoms with Gasteiger partial charge in [0.05, 0.1) is 41.1 Å². The van der Waals surface area contributed by atoms with Crippen molar-refractivity contribution in [3.05, 3.63) is 98.5 Å². The first kappa shape index (κ1) is 25.7. The van der Waals surface area contributed by atoms with Crippen molar-refractivity contribution in [2.24, 2.45) is 0 Å². The smallest absolute Gasteiger partial charge is 0.224 e. The summed E-state index contributed by atoms with van der Waals surface area (Å²) in [4.78, 5) is 27.2. The zero-order valence-corrected chi connectivity index (χ0v) is 22.3. The van der Waals surface area contributed by atoms with E-state index in [9.17, 15) is 9.59 Å². The van der Waals surface area contributed by atoms with Crippen molar-refractivity contribution in [3.63, 3.8) is 0 Å². The first-order valence-corrected chi connectivity index (χ1v) is 12.7. The van der Waals surface area contributed by atoms with E-state index < -0.39 is 0 Å². The molecule has 1 heterocycles. The van der Waals surface area contributed by atoms with Gasteiger partial charge in [0.1, 0.15) is 5.75 Å². The van der Waals surface area contributed by atoms with Gasteiger partial charge < -0.3 is 9.47 Å². The number of benzene rings is 3. The molecular formula is C31H23Cl2NO4. The van der Waals surface area contributed by atoms with E-state index in [4.69, 9.17) is 32.7 Å². The monoisotopic (exact) mass is 543 g/mol. The third-order valence-corrected chi connectivity index (χ3v) is 7.55. The minimum absolute atomic E-state index is 0.236. The number of allylic oxidation sites excluding steroid dienone is 1. The fourth-order valence-corrected chi connectivity index (χ4v) is 5.43. The Morgan fingerprint density at radius 1 is 0.737 bits per heavy atom. The van der Waals surface area contributed by atoms with E-state index in [0.29, 0.717) is 44.5 Å². The maximum Gasteiger partial charge on any atom is 0.224 e. The van der Waals surface area contributed by atoms with Crippen LogP contribution in [0.5, 0.6) is 11.6 Å². The van der Waals surface area contributed by atoms with Gasteiger partial charge in [-0.05, 0) is 65.4 Å². The molecule has 0 aliphatic heterocycles. The van der Waals surface area contributed by atoms with Crippen LogP contribution in [0.25, 0.3) is 34.0 Å². The Morgan fingerprint density at radius 3 is 2.16 bits per heavy atom. The van der Waals surface area contributed by atoms with Gasteiger partial charge in [-0.25, -0.2) is 4.98 Å². The molecule has 0 bridgehead atoms. The van der Waals surface area contributed by atoms with Gasteiger partial charge in [-0.2, -0.15) is 0 Å². The predicted octanol–water partition coefficient (Wildman–Crippen LogP) is 7.85. The SMILES string of the molecule is COc1cc2c(cc1C=O)CC/C2=C\c1cccc(-c2cccc(-c3ccc(C=O)c(OC)n3)c2Cl)c1Cl. The molecule has 7 heteroatoms. The number of hydrogen-bond donors (Lipinski definition) is 0. The van der Waals surface area contributed by atoms with Crippen molar-refractivity contribution in [1.29, 1.82) is 0 Å². The highest BCUT2D eigenvalue weighted by atomic mass is 35.5. The molecule has 5 rings (SSSR count). The first-order chi connectivity index (χ1) is 18.5. The number of aldehydes is 2. The van der Waals surface area contributed by atoms with Gasteiger partial charge in [0.25, 0.3) is 0 Å². The summed E-state index contributed by atoms with van der Waals surface area (Å²) in [5.74, 6) is 0.792. The molecule has 0 fully saturated rings. The van der Waals surface area contributed by atoms with Gasteiger partial charge in [0.2, 0.25) is 5.88 Å². The van der Waals surface area contributed by atoms with Crippen LogP contribution >= 0.6 is 23.2 Å². The second-order valence-corrected chi connectivity index (χ2v) is 9.58. The van der Waals surface area contributed by atoms with Crippen LogP contribution in [-0.2, 0) is 6.42 Å². The highest BCUT2D eigenvalue weighted by Gasteiger charge is 2.21. The largest absolute Gasteiger partial charge is 0.496 e. The lowest BCUT2D eigenvalue weighted by atomic mass is 9.97. The molecule has 1 aromatic heterocycles. The number of rotatable bonds is 7. The van der Waals surface area contributed by atoms with Gasteiger partial charge in [-0.1, -0.05) is 59.6 Å². The number of halogens is 2. The summed E-state index contributed by atoms with van der Waals surface area (Å²) in [6.45, 7) is 0. The summed E-state index contributed by atoms with van der Waals surface area (Å²) in [7, 11) is 3.03. The van der Waals surface area contributed by atoms with E-state index in [2.05, 4.69) is 11.1 Å². The molecule has 0 spiro atoms. The Morgan fingerprint density at radius 2 is 1.45 bits per heavy atom. The predicted molar refractivity (Wildman–Crippen MR) is 152 cm³/mol. The van der Waals surface area contributed by atoms with Gasteiger partial charge in [-0.15, -0.1) is 0 Å². The fourth-order valence-electron chi connectivity index (χ4n) is 4.82. The van der Waals surface area contributed by atoms with Gasteiger partial charge in [-0.3, -0.25) is 9.59 Å². The Bertz CT molecular complexity index is 1610. The van der Waals surface area contributed by atoms with E-state index >= 15 is 0 Å². The summed E-state index contributed by atoms with van der Waals surface area (Å²) >= 11 is 13.9. The van der Waals surface area contributed by atoms with E-state index in [1.165, 1.54) is 7.11 Å². The van der Waals surface area contributed by atoms with E-state index in [1.807, 2.05) is 48.5 Å². The second kappa shape index (κ2) is 10.8. The van der Waals surface area contributed by atoms with Crippen LogP contribution in [-0.4, -0.2) is 31.8 Å². The van der Waals surface area contributed by atoms with Gasteiger partial charge >= 0.3 is 0 Å². The number of nitrogens with zero attached hydrogens (tertiary/aromatic N) is 1. The van der Waals surface area contributed by atoms with Crippen LogP contribution in [0, 0.1) is 0 Å². The second-order valence-electron chi connectivity index (χ2n) is 8.83. The first-order valence-electron chi connectivity index (χ1n) is 11.9. The molecule has 190 valence electrons. The quantitative estimate of drug-likeness (QED) is 0.222. The van der Waals surface area contributed by atoms with Gasteiger partial charge in [0, 0.05) is 16.7 Å². The number of aryl methyl sites for hydroxylation is 1. The van der Waals surface area contributed by atoms with E-state index in [0.717, 1.165) is 52.5 Å². The number of carbonyl (C=O) groups is 2. The standard InChI is InChI=1S/C31H23Cl2NO4/c1-37-28-15-26-18(9-10-19(26)14-22(28)17-36)13-20-5-3-6-23(29(20)32)24-7-4-8-25(30(24)33)27-12-11-21(16-35)31(34-27)38-2/h3-8,11-17H,9-10H2,1-2H3/b18-13+. The van der Waals surface area contributed by atoms with Gasteiger partial charge in [0.15, 0.2) is 12.6 Å². The molecule has 38 heavy (non-hydrogen) atoms. The average Bonchev–Trinajstić information content (AvgIpc) is 3.34.